The number of aliphatic hydroxyl groups excluding tert-OH is 1. The molecule has 2 aromatic heterocycles. The molecule has 5 heteroatoms. The molecule has 108 valence electrons. The number of aliphatic hydroxyl groups is 1. The highest BCUT2D eigenvalue weighted by molar-refractivity contribution is 5.61. The van der Waals surface area contributed by atoms with Crippen LogP contribution in [0, 0.1) is 5.92 Å². The zero-order valence-electron chi connectivity index (χ0n) is 11.8. The molecule has 2 aromatic rings. The average Bonchev–Trinajstić information content (AvgIpc) is 2.95. The molecule has 3 N–H and O–H groups in total. The molecule has 0 saturated carbocycles. The van der Waals surface area contributed by atoms with Crippen LogP contribution in [0.25, 0.3) is 11.3 Å². The highest BCUT2D eigenvalue weighted by Gasteiger charge is 2.09. The van der Waals surface area contributed by atoms with E-state index in [1.807, 2.05) is 24.5 Å². The Morgan fingerprint density at radius 2 is 2.30 bits per heavy atom. The molecule has 2 heterocycles. The molecule has 1 atom stereocenters. The zero-order chi connectivity index (χ0) is 14.2. The van der Waals surface area contributed by atoms with E-state index >= 15 is 0 Å². The van der Waals surface area contributed by atoms with Gasteiger partial charge in [0.1, 0.15) is 0 Å². The Morgan fingerprint density at radius 1 is 1.40 bits per heavy atom. The number of aromatic amines is 1. The second kappa shape index (κ2) is 7.77. The maximum Gasteiger partial charge on any atom is 0.0710 e. The molecule has 0 fully saturated rings. The molecule has 1 unspecified atom stereocenters. The summed E-state index contributed by atoms with van der Waals surface area (Å²) in [5, 5.41) is 19.6. The van der Waals surface area contributed by atoms with Crippen LogP contribution < -0.4 is 5.32 Å². The monoisotopic (exact) mass is 274 g/mol. The third-order valence-corrected chi connectivity index (χ3v) is 3.53. The predicted molar refractivity (Wildman–Crippen MR) is 79.0 cm³/mol. The van der Waals surface area contributed by atoms with Crippen molar-refractivity contribution < 1.29 is 5.11 Å². The first-order valence-corrected chi connectivity index (χ1v) is 7.09. The van der Waals surface area contributed by atoms with E-state index in [4.69, 9.17) is 5.11 Å². The Labute approximate surface area is 119 Å². The number of H-pyrrole nitrogens is 1. The highest BCUT2D eigenvalue weighted by atomic mass is 16.3. The minimum atomic E-state index is 0.257. The first-order valence-electron chi connectivity index (χ1n) is 7.09. The smallest absolute Gasteiger partial charge is 0.0710 e. The Morgan fingerprint density at radius 3 is 3.00 bits per heavy atom. The summed E-state index contributed by atoms with van der Waals surface area (Å²) in [4.78, 5) is 4.13. The number of hydrogen-bond donors (Lipinski definition) is 3. The van der Waals surface area contributed by atoms with E-state index in [-0.39, 0.29) is 6.61 Å². The van der Waals surface area contributed by atoms with Crippen LogP contribution in [0.5, 0.6) is 0 Å². The maximum absolute atomic E-state index is 8.99. The summed E-state index contributed by atoms with van der Waals surface area (Å²) in [6.45, 7) is 4.09. The van der Waals surface area contributed by atoms with Crippen LogP contribution in [0.15, 0.2) is 30.7 Å². The molecule has 20 heavy (non-hydrogen) atoms. The fourth-order valence-corrected chi connectivity index (χ4v) is 2.25. The third-order valence-electron chi connectivity index (χ3n) is 3.53. The Balaban J connectivity index is 1.93. The molecular formula is C15H22N4O. The fourth-order valence-electron chi connectivity index (χ4n) is 2.25. The Kier molecular flexibility index (Phi) is 5.70. The Bertz CT molecular complexity index is 498. The molecule has 0 radical (unpaired) electrons. The second-order valence-electron chi connectivity index (χ2n) is 4.93. The standard InChI is InChI=1S/C15H22N4O/c1-2-12(5-7-20)8-17-10-14-11-18-19-15(14)13-4-3-6-16-9-13/h3-4,6,9,11-12,17,20H,2,5,7-8,10H2,1H3,(H,18,19). The largest absolute Gasteiger partial charge is 0.396 e. The lowest BCUT2D eigenvalue weighted by molar-refractivity contribution is 0.251. The lowest BCUT2D eigenvalue weighted by Crippen LogP contribution is -2.23. The molecule has 0 aliphatic carbocycles. The van der Waals surface area contributed by atoms with Crippen molar-refractivity contribution in [1.82, 2.24) is 20.5 Å². The zero-order valence-corrected chi connectivity index (χ0v) is 11.8. The van der Waals surface area contributed by atoms with Crippen molar-refractivity contribution in [1.29, 1.82) is 0 Å². The molecule has 0 aromatic carbocycles. The highest BCUT2D eigenvalue weighted by Crippen LogP contribution is 2.19. The Hall–Kier alpha value is -1.72. The van der Waals surface area contributed by atoms with Gasteiger partial charge >= 0.3 is 0 Å². The molecule has 0 aliphatic rings. The molecule has 0 aliphatic heterocycles. The van der Waals surface area contributed by atoms with Gasteiger partial charge in [0.25, 0.3) is 0 Å². The van der Waals surface area contributed by atoms with Gasteiger partial charge in [0, 0.05) is 36.7 Å². The lowest BCUT2D eigenvalue weighted by Gasteiger charge is -2.14. The van der Waals surface area contributed by atoms with Gasteiger partial charge in [-0.2, -0.15) is 5.10 Å². The van der Waals surface area contributed by atoms with Gasteiger partial charge in [-0.1, -0.05) is 13.3 Å². The first-order chi connectivity index (χ1) is 9.85. The van der Waals surface area contributed by atoms with E-state index in [1.165, 1.54) is 0 Å². The van der Waals surface area contributed by atoms with E-state index < -0.39 is 0 Å². The van der Waals surface area contributed by atoms with Gasteiger partial charge in [-0.15, -0.1) is 0 Å². The topological polar surface area (TPSA) is 73.8 Å². The molecule has 0 bridgehead atoms. The second-order valence-corrected chi connectivity index (χ2v) is 4.93. The summed E-state index contributed by atoms with van der Waals surface area (Å²) in [6, 6.07) is 3.94. The summed E-state index contributed by atoms with van der Waals surface area (Å²) in [6.07, 6.45) is 7.37. The van der Waals surface area contributed by atoms with Gasteiger partial charge in [-0.05, 0) is 31.0 Å². The number of rotatable bonds is 8. The quantitative estimate of drug-likeness (QED) is 0.688. The molecule has 0 saturated heterocycles. The molecule has 2 rings (SSSR count). The van der Waals surface area contributed by atoms with Gasteiger partial charge in [0.2, 0.25) is 0 Å². The summed E-state index contributed by atoms with van der Waals surface area (Å²) < 4.78 is 0. The number of hydrogen-bond acceptors (Lipinski definition) is 4. The fraction of sp³-hybridized carbons (Fsp3) is 0.467. The van der Waals surface area contributed by atoms with E-state index in [1.54, 1.807) is 6.20 Å². The van der Waals surface area contributed by atoms with Crippen molar-refractivity contribution in [2.75, 3.05) is 13.2 Å². The number of pyridine rings is 1. The van der Waals surface area contributed by atoms with Crippen LogP contribution >= 0.6 is 0 Å². The minimum absolute atomic E-state index is 0.257. The maximum atomic E-state index is 8.99. The van der Waals surface area contributed by atoms with Crippen molar-refractivity contribution in [2.24, 2.45) is 5.92 Å². The first kappa shape index (κ1) is 14.7. The normalized spacial score (nSPS) is 12.5. The third kappa shape index (κ3) is 3.88. The summed E-state index contributed by atoms with van der Waals surface area (Å²) in [5.74, 6) is 0.522. The lowest BCUT2D eigenvalue weighted by atomic mass is 10.0. The van der Waals surface area contributed by atoms with E-state index in [2.05, 4.69) is 27.4 Å². The van der Waals surface area contributed by atoms with Crippen molar-refractivity contribution in [3.8, 4) is 11.3 Å². The van der Waals surface area contributed by atoms with Crippen LogP contribution in [0.1, 0.15) is 25.3 Å². The minimum Gasteiger partial charge on any atom is -0.396 e. The number of nitrogens with zero attached hydrogens (tertiary/aromatic N) is 2. The van der Waals surface area contributed by atoms with Crippen molar-refractivity contribution in [2.45, 2.75) is 26.3 Å². The molecule has 0 spiro atoms. The van der Waals surface area contributed by atoms with Crippen LogP contribution in [-0.2, 0) is 6.54 Å². The van der Waals surface area contributed by atoms with Gasteiger partial charge in [0.15, 0.2) is 0 Å². The van der Waals surface area contributed by atoms with Crippen LogP contribution in [0.2, 0.25) is 0 Å². The van der Waals surface area contributed by atoms with Gasteiger partial charge in [-0.25, -0.2) is 0 Å². The number of nitrogens with one attached hydrogen (secondary N) is 2. The van der Waals surface area contributed by atoms with E-state index in [0.29, 0.717) is 5.92 Å². The van der Waals surface area contributed by atoms with Crippen LogP contribution in [-0.4, -0.2) is 33.4 Å². The van der Waals surface area contributed by atoms with E-state index in [0.717, 1.165) is 42.8 Å². The summed E-state index contributed by atoms with van der Waals surface area (Å²) in [7, 11) is 0. The number of aromatic nitrogens is 3. The van der Waals surface area contributed by atoms with Gasteiger partial charge in [-0.3, -0.25) is 10.1 Å². The van der Waals surface area contributed by atoms with E-state index in [9.17, 15) is 0 Å². The molecule has 0 amide bonds. The van der Waals surface area contributed by atoms with Gasteiger partial charge in [0.05, 0.1) is 11.9 Å². The summed E-state index contributed by atoms with van der Waals surface area (Å²) in [5.41, 5.74) is 3.20. The summed E-state index contributed by atoms with van der Waals surface area (Å²) >= 11 is 0. The van der Waals surface area contributed by atoms with Crippen LogP contribution in [0.3, 0.4) is 0 Å². The molecular weight excluding hydrogens is 252 g/mol. The van der Waals surface area contributed by atoms with Crippen molar-refractivity contribution in [3.63, 3.8) is 0 Å². The average molecular weight is 274 g/mol. The van der Waals surface area contributed by atoms with Gasteiger partial charge < -0.3 is 10.4 Å². The molecule has 5 nitrogen and oxygen atoms in total. The van der Waals surface area contributed by atoms with Crippen LogP contribution in [0.4, 0.5) is 0 Å². The predicted octanol–water partition coefficient (Wildman–Crippen LogP) is 1.97. The SMILES string of the molecule is CCC(CCO)CNCc1cn[nH]c1-c1cccnc1. The van der Waals surface area contributed by atoms with Crippen molar-refractivity contribution >= 4 is 0 Å². The van der Waals surface area contributed by atoms with Crippen molar-refractivity contribution in [3.05, 3.63) is 36.3 Å².